The molecule has 4 heteroatoms. The minimum atomic E-state index is 0.680. The van der Waals surface area contributed by atoms with Crippen LogP contribution in [-0.2, 0) is 0 Å². The Labute approximate surface area is 119 Å². The van der Waals surface area contributed by atoms with Gasteiger partial charge < -0.3 is 0 Å². The van der Waals surface area contributed by atoms with Gasteiger partial charge in [-0.25, -0.2) is 15.0 Å². The molecule has 0 radical (unpaired) electrons. The van der Waals surface area contributed by atoms with Crippen LogP contribution in [0.4, 0.5) is 0 Å². The Hall–Kier alpha value is -3.01. The minimum Gasteiger partial charge on any atom is -0.275 e. The summed E-state index contributed by atoms with van der Waals surface area (Å²) < 4.78 is 2.10. The SMILES string of the molecule is c1ccc2c(c1)c1ccccc1n1c3nccnc3nc21. The van der Waals surface area contributed by atoms with Crippen molar-refractivity contribution in [2.75, 3.05) is 0 Å². The summed E-state index contributed by atoms with van der Waals surface area (Å²) in [5.74, 6) is 0. The van der Waals surface area contributed by atoms with Gasteiger partial charge in [-0.1, -0.05) is 42.5 Å². The minimum absolute atomic E-state index is 0.680. The zero-order valence-electron chi connectivity index (χ0n) is 11.1. The van der Waals surface area contributed by atoms with Crippen molar-refractivity contribution in [3.8, 4) is 0 Å². The molecule has 0 spiro atoms. The van der Waals surface area contributed by atoms with Crippen LogP contribution in [0.25, 0.3) is 38.6 Å². The van der Waals surface area contributed by atoms with Gasteiger partial charge in [0.2, 0.25) is 0 Å². The summed E-state index contributed by atoms with van der Waals surface area (Å²) in [4.78, 5) is 13.5. The fraction of sp³-hybridized carbons (Fsp3) is 0. The molecule has 0 fully saturated rings. The smallest absolute Gasteiger partial charge is 0.198 e. The third kappa shape index (κ3) is 1.31. The summed E-state index contributed by atoms with van der Waals surface area (Å²) in [6, 6.07) is 16.7. The van der Waals surface area contributed by atoms with Gasteiger partial charge in [-0.15, -0.1) is 0 Å². The molecule has 0 bridgehead atoms. The van der Waals surface area contributed by atoms with Crippen LogP contribution in [0.3, 0.4) is 0 Å². The standard InChI is InChI=1S/C17H10N4/c1-2-7-13-11(5-1)12-6-3-4-8-14(12)21-16(13)20-15-17(21)19-10-9-18-15/h1-10H. The third-order valence-corrected chi connectivity index (χ3v) is 3.90. The molecule has 0 atom stereocenters. The molecule has 98 valence electrons. The van der Waals surface area contributed by atoms with Gasteiger partial charge in [0, 0.05) is 23.2 Å². The van der Waals surface area contributed by atoms with E-state index in [0.717, 1.165) is 22.2 Å². The molecule has 0 saturated heterocycles. The van der Waals surface area contributed by atoms with Gasteiger partial charge in [0.15, 0.2) is 11.3 Å². The van der Waals surface area contributed by atoms with Crippen molar-refractivity contribution in [1.29, 1.82) is 0 Å². The maximum absolute atomic E-state index is 4.68. The molecule has 0 amide bonds. The van der Waals surface area contributed by atoms with Crippen LogP contribution < -0.4 is 0 Å². The van der Waals surface area contributed by atoms with Crippen molar-refractivity contribution in [3.63, 3.8) is 0 Å². The maximum Gasteiger partial charge on any atom is 0.198 e. The third-order valence-electron chi connectivity index (χ3n) is 3.90. The van der Waals surface area contributed by atoms with E-state index in [4.69, 9.17) is 0 Å². The summed E-state index contributed by atoms with van der Waals surface area (Å²) in [6.07, 6.45) is 3.39. The second-order valence-electron chi connectivity index (χ2n) is 5.04. The number of nitrogens with zero attached hydrogens (tertiary/aromatic N) is 4. The molecule has 0 aliphatic carbocycles. The van der Waals surface area contributed by atoms with Gasteiger partial charge in [0.1, 0.15) is 5.65 Å². The number of fused-ring (bicyclic) bond motifs is 8. The van der Waals surface area contributed by atoms with E-state index in [0.29, 0.717) is 5.65 Å². The van der Waals surface area contributed by atoms with E-state index in [1.165, 1.54) is 10.8 Å². The Morgan fingerprint density at radius 3 is 2.29 bits per heavy atom. The highest BCUT2D eigenvalue weighted by molar-refractivity contribution is 6.13. The highest BCUT2D eigenvalue weighted by atomic mass is 15.1. The Balaban J connectivity index is 2.25. The fourth-order valence-electron chi connectivity index (χ4n) is 3.03. The average molecular weight is 270 g/mol. The lowest BCUT2D eigenvalue weighted by Crippen LogP contribution is -1.92. The molecule has 3 aromatic heterocycles. The quantitative estimate of drug-likeness (QED) is 0.404. The van der Waals surface area contributed by atoms with Crippen LogP contribution in [0.2, 0.25) is 0 Å². The fourth-order valence-corrected chi connectivity index (χ4v) is 3.03. The first-order chi connectivity index (χ1) is 10.4. The van der Waals surface area contributed by atoms with Crippen molar-refractivity contribution in [2.45, 2.75) is 0 Å². The van der Waals surface area contributed by atoms with E-state index in [1.807, 2.05) is 12.1 Å². The molecular weight excluding hydrogens is 260 g/mol. The largest absolute Gasteiger partial charge is 0.275 e. The summed E-state index contributed by atoms with van der Waals surface area (Å²) in [6.45, 7) is 0. The Bertz CT molecular complexity index is 1140. The summed E-state index contributed by atoms with van der Waals surface area (Å²) in [5.41, 5.74) is 3.49. The first-order valence-electron chi connectivity index (χ1n) is 6.82. The molecule has 0 saturated carbocycles. The van der Waals surface area contributed by atoms with Crippen molar-refractivity contribution in [1.82, 2.24) is 19.4 Å². The topological polar surface area (TPSA) is 43.1 Å². The Morgan fingerprint density at radius 2 is 1.38 bits per heavy atom. The molecular formula is C17H10N4. The highest BCUT2D eigenvalue weighted by Gasteiger charge is 2.13. The first-order valence-corrected chi connectivity index (χ1v) is 6.82. The summed E-state index contributed by atoms with van der Waals surface area (Å²) >= 11 is 0. The number of imidazole rings is 1. The van der Waals surface area contributed by atoms with Crippen LogP contribution in [0, 0.1) is 0 Å². The van der Waals surface area contributed by atoms with E-state index < -0.39 is 0 Å². The molecule has 0 N–H and O–H groups in total. The zero-order valence-corrected chi connectivity index (χ0v) is 11.1. The highest BCUT2D eigenvalue weighted by Crippen LogP contribution is 2.30. The monoisotopic (exact) mass is 270 g/mol. The molecule has 2 aromatic carbocycles. The van der Waals surface area contributed by atoms with E-state index in [-0.39, 0.29) is 0 Å². The molecule has 21 heavy (non-hydrogen) atoms. The van der Waals surface area contributed by atoms with E-state index in [2.05, 4.69) is 55.8 Å². The molecule has 0 aliphatic rings. The number of aromatic nitrogens is 4. The number of hydrogen-bond acceptors (Lipinski definition) is 3. The molecule has 5 aromatic rings. The van der Waals surface area contributed by atoms with Gasteiger partial charge in [-0.05, 0) is 11.5 Å². The Kier molecular flexibility index (Phi) is 1.92. The molecule has 0 aliphatic heterocycles. The predicted octanol–water partition coefficient (Wildman–Crippen LogP) is 3.58. The van der Waals surface area contributed by atoms with Crippen LogP contribution in [0.15, 0.2) is 60.9 Å². The number of para-hydroxylation sites is 1. The summed E-state index contributed by atoms with van der Waals surface area (Å²) in [5, 5.41) is 3.53. The van der Waals surface area contributed by atoms with Gasteiger partial charge in [0.25, 0.3) is 0 Å². The number of pyridine rings is 1. The van der Waals surface area contributed by atoms with Gasteiger partial charge in [-0.3, -0.25) is 4.40 Å². The van der Waals surface area contributed by atoms with Crippen LogP contribution >= 0.6 is 0 Å². The molecule has 5 rings (SSSR count). The maximum atomic E-state index is 4.68. The van der Waals surface area contributed by atoms with Crippen LogP contribution in [0.5, 0.6) is 0 Å². The average Bonchev–Trinajstić information content (AvgIpc) is 2.95. The van der Waals surface area contributed by atoms with Crippen molar-refractivity contribution >= 4 is 38.6 Å². The zero-order chi connectivity index (χ0) is 13.8. The Morgan fingerprint density at radius 1 is 0.667 bits per heavy atom. The van der Waals surface area contributed by atoms with E-state index in [1.54, 1.807) is 12.4 Å². The van der Waals surface area contributed by atoms with Crippen LogP contribution in [0.1, 0.15) is 0 Å². The number of hydrogen-bond donors (Lipinski definition) is 0. The van der Waals surface area contributed by atoms with Crippen molar-refractivity contribution in [2.24, 2.45) is 0 Å². The second kappa shape index (κ2) is 3.76. The lowest BCUT2D eigenvalue weighted by molar-refractivity contribution is 1.22. The van der Waals surface area contributed by atoms with Gasteiger partial charge in [-0.2, -0.15) is 0 Å². The van der Waals surface area contributed by atoms with E-state index in [9.17, 15) is 0 Å². The number of benzene rings is 2. The van der Waals surface area contributed by atoms with Crippen molar-refractivity contribution in [3.05, 3.63) is 60.9 Å². The normalized spacial score (nSPS) is 11.8. The molecule has 3 heterocycles. The van der Waals surface area contributed by atoms with Gasteiger partial charge >= 0.3 is 0 Å². The second-order valence-corrected chi connectivity index (χ2v) is 5.04. The lowest BCUT2D eigenvalue weighted by Gasteiger charge is -2.07. The predicted molar refractivity (Wildman–Crippen MR) is 83.3 cm³/mol. The first kappa shape index (κ1) is 10.7. The lowest BCUT2D eigenvalue weighted by atomic mass is 10.1. The van der Waals surface area contributed by atoms with Gasteiger partial charge in [0.05, 0.1) is 5.52 Å². The molecule has 4 nitrogen and oxygen atoms in total. The molecule has 0 unspecified atom stereocenters. The van der Waals surface area contributed by atoms with E-state index >= 15 is 0 Å². The van der Waals surface area contributed by atoms with Crippen LogP contribution in [-0.4, -0.2) is 19.4 Å². The summed E-state index contributed by atoms with van der Waals surface area (Å²) in [7, 11) is 0. The van der Waals surface area contributed by atoms with Crippen molar-refractivity contribution < 1.29 is 0 Å². The number of rotatable bonds is 0.